The first-order valence-electron chi connectivity index (χ1n) is 5.95. The third-order valence-electron chi connectivity index (χ3n) is 3.14. The van der Waals surface area contributed by atoms with Gasteiger partial charge in [0.15, 0.2) is 0 Å². The predicted molar refractivity (Wildman–Crippen MR) is 69.2 cm³/mol. The Morgan fingerprint density at radius 1 is 0.895 bits per heavy atom. The van der Waals surface area contributed by atoms with Gasteiger partial charge in [-0.25, -0.2) is 13.2 Å². The standard InChI is InChI=1S/C15H14F3N/c1-9(19-2)10-3-6-14(17)13(7-10)12-5-4-11(16)8-15(12)18/h3-9,19H,1-2H3. The van der Waals surface area contributed by atoms with Crippen LogP contribution in [0.15, 0.2) is 36.4 Å². The molecule has 19 heavy (non-hydrogen) atoms. The van der Waals surface area contributed by atoms with E-state index in [1.54, 1.807) is 19.2 Å². The molecule has 1 unspecified atom stereocenters. The number of halogens is 3. The van der Waals surface area contributed by atoms with E-state index in [2.05, 4.69) is 5.32 Å². The van der Waals surface area contributed by atoms with Crippen LogP contribution in [0.25, 0.3) is 11.1 Å². The predicted octanol–water partition coefficient (Wildman–Crippen LogP) is 4.05. The van der Waals surface area contributed by atoms with Gasteiger partial charge in [-0.1, -0.05) is 6.07 Å². The van der Waals surface area contributed by atoms with Crippen LogP contribution >= 0.6 is 0 Å². The van der Waals surface area contributed by atoms with E-state index in [1.807, 2.05) is 6.92 Å². The van der Waals surface area contributed by atoms with Crippen LogP contribution in [-0.2, 0) is 0 Å². The molecule has 1 atom stereocenters. The third kappa shape index (κ3) is 2.79. The van der Waals surface area contributed by atoms with E-state index in [4.69, 9.17) is 0 Å². The second kappa shape index (κ2) is 5.45. The fourth-order valence-electron chi connectivity index (χ4n) is 1.89. The Morgan fingerprint density at radius 3 is 2.26 bits per heavy atom. The van der Waals surface area contributed by atoms with E-state index >= 15 is 0 Å². The van der Waals surface area contributed by atoms with E-state index in [9.17, 15) is 13.2 Å². The summed E-state index contributed by atoms with van der Waals surface area (Å²) in [6.45, 7) is 1.91. The zero-order valence-corrected chi connectivity index (χ0v) is 10.7. The van der Waals surface area contributed by atoms with Gasteiger partial charge in [-0.05, 0) is 43.8 Å². The summed E-state index contributed by atoms with van der Waals surface area (Å²) in [4.78, 5) is 0. The maximum absolute atomic E-state index is 13.8. The SMILES string of the molecule is CNC(C)c1ccc(F)c(-c2ccc(F)cc2F)c1. The molecule has 0 fully saturated rings. The molecule has 0 saturated carbocycles. The molecule has 0 amide bonds. The van der Waals surface area contributed by atoms with Gasteiger partial charge >= 0.3 is 0 Å². The maximum Gasteiger partial charge on any atom is 0.134 e. The van der Waals surface area contributed by atoms with E-state index in [1.165, 1.54) is 12.1 Å². The molecule has 0 saturated heterocycles. The Morgan fingerprint density at radius 2 is 1.63 bits per heavy atom. The zero-order chi connectivity index (χ0) is 14.0. The van der Waals surface area contributed by atoms with Gasteiger partial charge in [0.1, 0.15) is 17.5 Å². The van der Waals surface area contributed by atoms with Crippen molar-refractivity contribution in [3.05, 3.63) is 59.4 Å². The largest absolute Gasteiger partial charge is 0.313 e. The van der Waals surface area contributed by atoms with Crippen molar-refractivity contribution < 1.29 is 13.2 Å². The van der Waals surface area contributed by atoms with Gasteiger partial charge in [0.2, 0.25) is 0 Å². The van der Waals surface area contributed by atoms with Gasteiger partial charge in [-0.2, -0.15) is 0 Å². The summed E-state index contributed by atoms with van der Waals surface area (Å²) in [7, 11) is 1.78. The Balaban J connectivity index is 2.54. The van der Waals surface area contributed by atoms with Gasteiger partial charge in [0, 0.05) is 23.2 Å². The van der Waals surface area contributed by atoms with Crippen LogP contribution in [0.4, 0.5) is 13.2 Å². The average Bonchev–Trinajstić information content (AvgIpc) is 2.39. The van der Waals surface area contributed by atoms with Crippen LogP contribution in [0.3, 0.4) is 0 Å². The summed E-state index contributed by atoms with van der Waals surface area (Å²) in [6.07, 6.45) is 0. The molecule has 0 aliphatic heterocycles. The number of benzene rings is 2. The number of hydrogen-bond acceptors (Lipinski definition) is 1. The summed E-state index contributed by atoms with van der Waals surface area (Å²) in [5.74, 6) is -1.98. The number of rotatable bonds is 3. The molecule has 0 heterocycles. The molecule has 2 aromatic rings. The highest BCUT2D eigenvalue weighted by atomic mass is 19.1. The number of nitrogens with one attached hydrogen (secondary N) is 1. The molecule has 0 radical (unpaired) electrons. The molecule has 100 valence electrons. The smallest absolute Gasteiger partial charge is 0.134 e. The normalized spacial score (nSPS) is 12.5. The van der Waals surface area contributed by atoms with Crippen molar-refractivity contribution in [2.24, 2.45) is 0 Å². The molecule has 0 aliphatic rings. The molecule has 0 bridgehead atoms. The van der Waals surface area contributed by atoms with Crippen LogP contribution < -0.4 is 5.32 Å². The van der Waals surface area contributed by atoms with Crippen LogP contribution in [0.1, 0.15) is 18.5 Å². The second-order valence-corrected chi connectivity index (χ2v) is 4.37. The lowest BCUT2D eigenvalue weighted by molar-refractivity contribution is 0.582. The van der Waals surface area contributed by atoms with Crippen molar-refractivity contribution in [1.29, 1.82) is 0 Å². The highest BCUT2D eigenvalue weighted by Gasteiger charge is 2.13. The lowest BCUT2D eigenvalue weighted by atomic mass is 9.99. The third-order valence-corrected chi connectivity index (χ3v) is 3.14. The second-order valence-electron chi connectivity index (χ2n) is 4.37. The van der Waals surface area contributed by atoms with Crippen LogP contribution in [0.5, 0.6) is 0 Å². The molecule has 4 heteroatoms. The van der Waals surface area contributed by atoms with Gasteiger partial charge in [0.05, 0.1) is 0 Å². The highest BCUT2D eigenvalue weighted by Crippen LogP contribution is 2.28. The monoisotopic (exact) mass is 265 g/mol. The summed E-state index contributed by atoms with van der Waals surface area (Å²) in [5, 5.41) is 3.03. The molecule has 0 spiro atoms. The minimum atomic E-state index is -0.770. The van der Waals surface area contributed by atoms with Crippen LogP contribution in [0, 0.1) is 17.5 Å². The Kier molecular flexibility index (Phi) is 3.90. The minimum Gasteiger partial charge on any atom is -0.313 e. The van der Waals surface area contributed by atoms with Crippen LogP contribution in [-0.4, -0.2) is 7.05 Å². The summed E-state index contributed by atoms with van der Waals surface area (Å²) >= 11 is 0. The Labute approximate surface area is 110 Å². The summed E-state index contributed by atoms with van der Waals surface area (Å²) < 4.78 is 40.4. The highest BCUT2D eigenvalue weighted by molar-refractivity contribution is 5.65. The average molecular weight is 265 g/mol. The Hall–Kier alpha value is -1.81. The first kappa shape index (κ1) is 13.6. The van der Waals surface area contributed by atoms with E-state index in [0.29, 0.717) is 0 Å². The quantitative estimate of drug-likeness (QED) is 0.882. The summed E-state index contributed by atoms with van der Waals surface area (Å²) in [5.41, 5.74) is 1.03. The number of hydrogen-bond donors (Lipinski definition) is 1. The lowest BCUT2D eigenvalue weighted by Gasteiger charge is -2.13. The van der Waals surface area contributed by atoms with Crippen molar-refractivity contribution in [3.63, 3.8) is 0 Å². The molecule has 2 aromatic carbocycles. The topological polar surface area (TPSA) is 12.0 Å². The van der Waals surface area contributed by atoms with Crippen molar-refractivity contribution in [2.75, 3.05) is 7.05 Å². The van der Waals surface area contributed by atoms with E-state index < -0.39 is 17.5 Å². The first-order valence-corrected chi connectivity index (χ1v) is 5.95. The fraction of sp³-hybridized carbons (Fsp3) is 0.200. The van der Waals surface area contributed by atoms with Crippen molar-refractivity contribution in [1.82, 2.24) is 5.32 Å². The molecule has 1 nitrogen and oxygen atoms in total. The fourth-order valence-corrected chi connectivity index (χ4v) is 1.89. The van der Waals surface area contributed by atoms with Gasteiger partial charge in [-0.15, -0.1) is 0 Å². The van der Waals surface area contributed by atoms with Crippen molar-refractivity contribution >= 4 is 0 Å². The molecule has 0 aliphatic carbocycles. The summed E-state index contributed by atoms with van der Waals surface area (Å²) in [6, 6.07) is 7.64. The molecule has 0 aromatic heterocycles. The lowest BCUT2D eigenvalue weighted by Crippen LogP contribution is -2.12. The van der Waals surface area contributed by atoms with Gasteiger partial charge in [-0.3, -0.25) is 0 Å². The Bertz CT molecular complexity index is 596. The zero-order valence-electron chi connectivity index (χ0n) is 10.7. The van der Waals surface area contributed by atoms with E-state index in [0.717, 1.165) is 17.7 Å². The van der Waals surface area contributed by atoms with Crippen molar-refractivity contribution in [3.8, 4) is 11.1 Å². The molecular weight excluding hydrogens is 251 g/mol. The van der Waals surface area contributed by atoms with Gasteiger partial charge < -0.3 is 5.32 Å². The van der Waals surface area contributed by atoms with Crippen molar-refractivity contribution in [2.45, 2.75) is 13.0 Å². The van der Waals surface area contributed by atoms with E-state index in [-0.39, 0.29) is 17.2 Å². The first-order chi connectivity index (χ1) is 9.02. The maximum atomic E-state index is 13.8. The van der Waals surface area contributed by atoms with Crippen LogP contribution in [0.2, 0.25) is 0 Å². The molecule has 1 N–H and O–H groups in total. The van der Waals surface area contributed by atoms with Gasteiger partial charge in [0.25, 0.3) is 0 Å². The minimum absolute atomic E-state index is 0.0165. The molecular formula is C15H14F3N. The molecule has 2 rings (SSSR count).